The maximum atomic E-state index is 5.94. The fourth-order valence-electron chi connectivity index (χ4n) is 2.01. The molecule has 20 heavy (non-hydrogen) atoms. The highest BCUT2D eigenvalue weighted by molar-refractivity contribution is 9.10. The number of aryl methyl sites for hydroxylation is 1. The summed E-state index contributed by atoms with van der Waals surface area (Å²) in [4.78, 5) is 8.94. The monoisotopic (exact) mass is 335 g/mol. The van der Waals surface area contributed by atoms with Gasteiger partial charge in [0.25, 0.3) is 0 Å². The average molecular weight is 336 g/mol. The Labute approximate surface area is 127 Å². The summed E-state index contributed by atoms with van der Waals surface area (Å²) in [6, 6.07) is 7.90. The van der Waals surface area contributed by atoms with Crippen molar-refractivity contribution < 1.29 is 4.74 Å². The van der Waals surface area contributed by atoms with E-state index in [1.165, 1.54) is 0 Å². The van der Waals surface area contributed by atoms with Crippen molar-refractivity contribution in [3.05, 3.63) is 45.8 Å². The van der Waals surface area contributed by atoms with Gasteiger partial charge in [-0.15, -0.1) is 0 Å². The SMILES string of the molecule is CCCc1nc(Cc2cccc(OC)c2)nc(N)c1Br. The Morgan fingerprint density at radius 1 is 1.30 bits per heavy atom. The minimum absolute atomic E-state index is 0.501. The van der Waals surface area contributed by atoms with E-state index >= 15 is 0 Å². The molecule has 0 spiro atoms. The van der Waals surface area contributed by atoms with E-state index in [0.717, 1.165) is 40.1 Å². The zero-order valence-corrected chi connectivity index (χ0v) is 13.3. The fraction of sp³-hybridized carbons (Fsp3) is 0.333. The third-order valence-corrected chi connectivity index (χ3v) is 3.84. The minimum Gasteiger partial charge on any atom is -0.497 e. The Kier molecular flexibility index (Phi) is 4.95. The van der Waals surface area contributed by atoms with Gasteiger partial charge in [0, 0.05) is 6.42 Å². The molecule has 1 aromatic heterocycles. The van der Waals surface area contributed by atoms with Crippen molar-refractivity contribution in [2.75, 3.05) is 12.8 Å². The number of nitrogen functional groups attached to an aromatic ring is 1. The third-order valence-electron chi connectivity index (χ3n) is 2.97. The van der Waals surface area contributed by atoms with E-state index in [2.05, 4.69) is 32.8 Å². The van der Waals surface area contributed by atoms with Crippen molar-refractivity contribution in [1.29, 1.82) is 0 Å². The first kappa shape index (κ1) is 14.8. The number of rotatable bonds is 5. The normalized spacial score (nSPS) is 10.6. The number of hydrogen-bond acceptors (Lipinski definition) is 4. The molecule has 0 unspecified atom stereocenters. The molecule has 2 rings (SSSR count). The molecule has 1 heterocycles. The number of nitrogens with zero attached hydrogens (tertiary/aromatic N) is 2. The molecule has 0 aliphatic rings. The summed E-state index contributed by atoms with van der Waals surface area (Å²) < 4.78 is 6.04. The van der Waals surface area contributed by atoms with Crippen LogP contribution in [-0.4, -0.2) is 17.1 Å². The molecule has 2 aromatic rings. The standard InChI is InChI=1S/C15H18BrN3O/c1-3-5-12-14(16)15(17)19-13(18-12)9-10-6-4-7-11(8-10)20-2/h4,6-8H,3,5,9H2,1-2H3,(H2,17,18,19). The van der Waals surface area contributed by atoms with Gasteiger partial charge >= 0.3 is 0 Å². The molecule has 5 heteroatoms. The number of methoxy groups -OCH3 is 1. The smallest absolute Gasteiger partial charge is 0.141 e. The number of benzene rings is 1. The number of nitrogens with two attached hydrogens (primary N) is 1. The lowest BCUT2D eigenvalue weighted by molar-refractivity contribution is 0.414. The first-order valence-corrected chi connectivity index (χ1v) is 7.37. The largest absolute Gasteiger partial charge is 0.497 e. The molecule has 1 aromatic carbocycles. The summed E-state index contributed by atoms with van der Waals surface area (Å²) >= 11 is 3.45. The number of halogens is 1. The van der Waals surface area contributed by atoms with E-state index in [4.69, 9.17) is 10.5 Å². The highest BCUT2D eigenvalue weighted by Crippen LogP contribution is 2.23. The van der Waals surface area contributed by atoms with Gasteiger partial charge in [0.2, 0.25) is 0 Å². The van der Waals surface area contributed by atoms with Gasteiger partial charge in [0.05, 0.1) is 17.3 Å². The summed E-state index contributed by atoms with van der Waals surface area (Å²) in [6.45, 7) is 2.12. The first-order chi connectivity index (χ1) is 9.63. The second-order valence-electron chi connectivity index (χ2n) is 4.56. The molecule has 106 valence electrons. The van der Waals surface area contributed by atoms with Gasteiger partial charge in [-0.2, -0.15) is 0 Å². The number of aromatic nitrogens is 2. The molecule has 0 amide bonds. The molecule has 0 saturated carbocycles. The second kappa shape index (κ2) is 6.70. The fourth-order valence-corrected chi connectivity index (χ4v) is 2.39. The van der Waals surface area contributed by atoms with Gasteiger partial charge in [0.15, 0.2) is 0 Å². The van der Waals surface area contributed by atoms with Crippen LogP contribution in [0.5, 0.6) is 5.75 Å². The van der Waals surface area contributed by atoms with Crippen LogP contribution in [0, 0.1) is 0 Å². The first-order valence-electron chi connectivity index (χ1n) is 6.57. The number of ether oxygens (including phenoxy) is 1. The summed E-state index contributed by atoms with van der Waals surface area (Å²) in [7, 11) is 1.66. The average Bonchev–Trinajstić information content (AvgIpc) is 2.44. The highest BCUT2D eigenvalue weighted by Gasteiger charge is 2.10. The van der Waals surface area contributed by atoms with Gasteiger partial charge < -0.3 is 10.5 Å². The van der Waals surface area contributed by atoms with Crippen molar-refractivity contribution in [3.8, 4) is 5.75 Å². The zero-order valence-electron chi connectivity index (χ0n) is 11.7. The van der Waals surface area contributed by atoms with Crippen molar-refractivity contribution in [1.82, 2.24) is 9.97 Å². The predicted octanol–water partition coefficient (Wildman–Crippen LogP) is 3.37. The molecule has 2 N–H and O–H groups in total. The zero-order chi connectivity index (χ0) is 14.5. The molecule has 0 fully saturated rings. The van der Waals surface area contributed by atoms with Crippen molar-refractivity contribution in [3.63, 3.8) is 0 Å². The maximum Gasteiger partial charge on any atom is 0.141 e. The Morgan fingerprint density at radius 3 is 2.80 bits per heavy atom. The van der Waals surface area contributed by atoms with E-state index in [1.54, 1.807) is 7.11 Å². The van der Waals surface area contributed by atoms with Crippen LogP contribution in [0.25, 0.3) is 0 Å². The molecule has 0 saturated heterocycles. The topological polar surface area (TPSA) is 61.0 Å². The summed E-state index contributed by atoms with van der Waals surface area (Å²) in [5.74, 6) is 2.07. The van der Waals surface area contributed by atoms with E-state index in [1.807, 2.05) is 24.3 Å². The lowest BCUT2D eigenvalue weighted by Gasteiger charge is -2.09. The van der Waals surface area contributed by atoms with E-state index in [-0.39, 0.29) is 0 Å². The van der Waals surface area contributed by atoms with Crippen LogP contribution < -0.4 is 10.5 Å². The van der Waals surface area contributed by atoms with Crippen LogP contribution in [0.1, 0.15) is 30.4 Å². The molecule has 4 nitrogen and oxygen atoms in total. The Hall–Kier alpha value is -1.62. The Morgan fingerprint density at radius 2 is 2.10 bits per heavy atom. The Balaban J connectivity index is 2.28. The third kappa shape index (κ3) is 3.48. The molecular formula is C15H18BrN3O. The lowest BCUT2D eigenvalue weighted by Crippen LogP contribution is -2.06. The van der Waals surface area contributed by atoms with E-state index < -0.39 is 0 Å². The van der Waals surface area contributed by atoms with Gasteiger partial charge in [-0.3, -0.25) is 0 Å². The number of hydrogen-bond donors (Lipinski definition) is 1. The second-order valence-corrected chi connectivity index (χ2v) is 5.36. The van der Waals surface area contributed by atoms with Crippen LogP contribution in [0.3, 0.4) is 0 Å². The van der Waals surface area contributed by atoms with Crippen LogP contribution in [0.15, 0.2) is 28.7 Å². The summed E-state index contributed by atoms with van der Waals surface area (Å²) in [5.41, 5.74) is 8.01. The molecule has 0 atom stereocenters. The van der Waals surface area contributed by atoms with Crippen LogP contribution >= 0.6 is 15.9 Å². The minimum atomic E-state index is 0.501. The predicted molar refractivity (Wildman–Crippen MR) is 83.9 cm³/mol. The van der Waals surface area contributed by atoms with Crippen LogP contribution in [0.2, 0.25) is 0 Å². The van der Waals surface area contributed by atoms with Gasteiger partial charge in [-0.25, -0.2) is 9.97 Å². The van der Waals surface area contributed by atoms with Gasteiger partial charge in [-0.05, 0) is 40.0 Å². The highest BCUT2D eigenvalue weighted by atomic mass is 79.9. The molecule has 0 aliphatic carbocycles. The molecule has 0 aliphatic heterocycles. The van der Waals surface area contributed by atoms with E-state index in [9.17, 15) is 0 Å². The van der Waals surface area contributed by atoms with Crippen LogP contribution in [0.4, 0.5) is 5.82 Å². The summed E-state index contributed by atoms with van der Waals surface area (Å²) in [6.07, 6.45) is 2.55. The van der Waals surface area contributed by atoms with Crippen molar-refractivity contribution in [2.45, 2.75) is 26.2 Å². The Bertz CT molecular complexity index is 602. The van der Waals surface area contributed by atoms with Gasteiger partial charge in [0.1, 0.15) is 17.4 Å². The van der Waals surface area contributed by atoms with Gasteiger partial charge in [-0.1, -0.05) is 25.5 Å². The quantitative estimate of drug-likeness (QED) is 0.909. The molecule has 0 radical (unpaired) electrons. The lowest BCUT2D eigenvalue weighted by atomic mass is 10.1. The van der Waals surface area contributed by atoms with Crippen LogP contribution in [-0.2, 0) is 12.8 Å². The molecule has 0 bridgehead atoms. The van der Waals surface area contributed by atoms with Crippen molar-refractivity contribution >= 4 is 21.7 Å². The summed E-state index contributed by atoms with van der Waals surface area (Å²) in [5, 5.41) is 0. The maximum absolute atomic E-state index is 5.94. The van der Waals surface area contributed by atoms with E-state index in [0.29, 0.717) is 12.2 Å². The number of anilines is 1. The molecular weight excluding hydrogens is 318 g/mol. The van der Waals surface area contributed by atoms with Crippen molar-refractivity contribution in [2.24, 2.45) is 0 Å².